The van der Waals surface area contributed by atoms with Gasteiger partial charge in [-0.25, -0.2) is 4.68 Å². The van der Waals surface area contributed by atoms with Crippen molar-refractivity contribution < 1.29 is 9.53 Å². The van der Waals surface area contributed by atoms with Crippen LogP contribution in [-0.4, -0.2) is 22.8 Å². The van der Waals surface area contributed by atoms with Crippen LogP contribution in [0.3, 0.4) is 0 Å². The van der Waals surface area contributed by atoms with Crippen molar-refractivity contribution >= 4 is 5.91 Å². The molecule has 1 N–H and O–H groups in total. The predicted molar refractivity (Wildman–Crippen MR) is 123 cm³/mol. The summed E-state index contributed by atoms with van der Waals surface area (Å²) in [7, 11) is 1.63. The van der Waals surface area contributed by atoms with E-state index in [1.165, 1.54) is 0 Å². The number of hydrogen-bond acceptors (Lipinski definition) is 3. The van der Waals surface area contributed by atoms with Crippen molar-refractivity contribution in [2.45, 2.75) is 19.9 Å². The molecule has 0 radical (unpaired) electrons. The summed E-state index contributed by atoms with van der Waals surface area (Å²) in [5.74, 6) is 0.602. The van der Waals surface area contributed by atoms with Crippen LogP contribution in [0.4, 0.5) is 0 Å². The first-order valence-electron chi connectivity index (χ1n) is 10.4. The Bertz CT molecular complexity index is 1170. The number of benzene rings is 3. The van der Waals surface area contributed by atoms with Crippen molar-refractivity contribution in [1.29, 1.82) is 0 Å². The van der Waals surface area contributed by atoms with E-state index in [1.54, 1.807) is 7.11 Å². The number of methoxy groups -OCH3 is 1. The van der Waals surface area contributed by atoms with Crippen molar-refractivity contribution in [1.82, 2.24) is 15.1 Å². The molecule has 0 atom stereocenters. The van der Waals surface area contributed by atoms with Crippen LogP contribution in [0.5, 0.6) is 5.75 Å². The third-order valence-electron chi connectivity index (χ3n) is 5.22. The standard InChI is InChI=1S/C26H25N3O2/c1-3-22-24(26(30)27-18-20-14-10-11-17-23(20)31-2)25(19-12-6-4-7-13-19)28-29(22)21-15-8-5-9-16-21/h4-17H,3,18H2,1-2H3,(H,27,30). The van der Waals surface area contributed by atoms with Crippen LogP contribution in [0.25, 0.3) is 16.9 Å². The molecule has 1 amide bonds. The smallest absolute Gasteiger partial charge is 0.255 e. The predicted octanol–water partition coefficient (Wildman–Crippen LogP) is 5.04. The van der Waals surface area contributed by atoms with Crippen molar-refractivity contribution in [3.8, 4) is 22.7 Å². The lowest BCUT2D eigenvalue weighted by atomic mass is 10.0. The van der Waals surface area contributed by atoms with Crippen LogP contribution in [0.15, 0.2) is 84.9 Å². The van der Waals surface area contributed by atoms with Crippen LogP contribution in [0, 0.1) is 0 Å². The molecule has 0 spiro atoms. The lowest BCUT2D eigenvalue weighted by molar-refractivity contribution is 0.0950. The second kappa shape index (κ2) is 9.30. The Hall–Kier alpha value is -3.86. The van der Waals surface area contributed by atoms with Gasteiger partial charge in [-0.15, -0.1) is 0 Å². The maximum absolute atomic E-state index is 13.4. The third kappa shape index (κ3) is 4.21. The van der Waals surface area contributed by atoms with E-state index in [2.05, 4.69) is 5.32 Å². The first-order valence-corrected chi connectivity index (χ1v) is 10.4. The summed E-state index contributed by atoms with van der Waals surface area (Å²) in [6, 6.07) is 27.4. The molecule has 0 saturated carbocycles. The lowest BCUT2D eigenvalue weighted by Crippen LogP contribution is -2.24. The minimum Gasteiger partial charge on any atom is -0.496 e. The summed E-state index contributed by atoms with van der Waals surface area (Å²) >= 11 is 0. The van der Waals surface area contributed by atoms with Gasteiger partial charge in [-0.2, -0.15) is 5.10 Å². The molecule has 0 aliphatic heterocycles. The first-order chi connectivity index (χ1) is 15.2. The Morgan fingerprint density at radius 2 is 1.58 bits per heavy atom. The summed E-state index contributed by atoms with van der Waals surface area (Å²) < 4.78 is 7.29. The molecule has 0 bridgehead atoms. The van der Waals surface area contributed by atoms with E-state index in [4.69, 9.17) is 9.84 Å². The van der Waals surface area contributed by atoms with Crippen molar-refractivity contribution in [2.75, 3.05) is 7.11 Å². The molecule has 1 aromatic heterocycles. The maximum atomic E-state index is 13.4. The minimum atomic E-state index is -0.149. The molecule has 4 rings (SSSR count). The Balaban J connectivity index is 1.76. The number of para-hydroxylation sites is 2. The molecule has 3 aromatic carbocycles. The zero-order chi connectivity index (χ0) is 21.6. The van der Waals surface area contributed by atoms with E-state index in [0.29, 0.717) is 24.2 Å². The van der Waals surface area contributed by atoms with Gasteiger partial charge in [0.2, 0.25) is 0 Å². The van der Waals surface area contributed by atoms with Crippen LogP contribution >= 0.6 is 0 Å². The SMILES string of the molecule is CCc1c(C(=O)NCc2ccccc2OC)c(-c2ccccc2)nn1-c1ccccc1. The van der Waals surface area contributed by atoms with Crippen molar-refractivity contribution in [3.05, 3.63) is 102 Å². The second-order valence-corrected chi connectivity index (χ2v) is 7.13. The molecule has 1 heterocycles. The fourth-order valence-corrected chi connectivity index (χ4v) is 3.71. The number of amides is 1. The van der Waals surface area contributed by atoms with Crippen LogP contribution in [0.2, 0.25) is 0 Å². The summed E-state index contributed by atoms with van der Waals surface area (Å²) in [6.07, 6.45) is 0.673. The van der Waals surface area contributed by atoms with E-state index >= 15 is 0 Å². The molecule has 0 aliphatic carbocycles. The largest absolute Gasteiger partial charge is 0.496 e. The second-order valence-electron chi connectivity index (χ2n) is 7.13. The molecule has 0 unspecified atom stereocenters. The maximum Gasteiger partial charge on any atom is 0.255 e. The molecule has 5 nitrogen and oxygen atoms in total. The van der Waals surface area contributed by atoms with Gasteiger partial charge in [-0.3, -0.25) is 4.79 Å². The Morgan fingerprint density at radius 3 is 2.26 bits per heavy atom. The van der Waals surface area contributed by atoms with E-state index in [9.17, 15) is 4.79 Å². The fourth-order valence-electron chi connectivity index (χ4n) is 3.71. The van der Waals surface area contributed by atoms with Gasteiger partial charge in [0.1, 0.15) is 11.4 Å². The molecule has 5 heteroatoms. The Kier molecular flexibility index (Phi) is 6.13. The Labute approximate surface area is 182 Å². The molecule has 4 aromatic rings. The molecular formula is C26H25N3O2. The third-order valence-corrected chi connectivity index (χ3v) is 5.22. The highest BCUT2D eigenvalue weighted by molar-refractivity contribution is 6.01. The van der Waals surface area contributed by atoms with E-state index < -0.39 is 0 Å². The highest BCUT2D eigenvalue weighted by Gasteiger charge is 2.24. The minimum absolute atomic E-state index is 0.149. The number of rotatable bonds is 7. The zero-order valence-electron chi connectivity index (χ0n) is 17.7. The van der Waals surface area contributed by atoms with E-state index in [-0.39, 0.29) is 5.91 Å². The average molecular weight is 412 g/mol. The van der Waals surface area contributed by atoms with Crippen molar-refractivity contribution in [2.24, 2.45) is 0 Å². The highest BCUT2D eigenvalue weighted by atomic mass is 16.5. The number of ether oxygens (including phenoxy) is 1. The molecule has 156 valence electrons. The van der Waals surface area contributed by atoms with Gasteiger partial charge < -0.3 is 10.1 Å². The monoisotopic (exact) mass is 411 g/mol. The summed E-state index contributed by atoms with van der Waals surface area (Å²) in [6.45, 7) is 2.42. The van der Waals surface area contributed by atoms with Crippen LogP contribution in [0.1, 0.15) is 28.5 Å². The van der Waals surface area contributed by atoms with Crippen molar-refractivity contribution in [3.63, 3.8) is 0 Å². The van der Waals surface area contributed by atoms with E-state index in [1.807, 2.05) is 96.5 Å². The summed E-state index contributed by atoms with van der Waals surface area (Å²) in [4.78, 5) is 13.4. The van der Waals surface area contributed by atoms with Gasteiger partial charge >= 0.3 is 0 Å². The van der Waals surface area contributed by atoms with Gasteiger partial charge in [0.25, 0.3) is 5.91 Å². The Morgan fingerprint density at radius 1 is 0.935 bits per heavy atom. The van der Waals surface area contributed by atoms with Crippen LogP contribution < -0.4 is 10.1 Å². The summed E-state index contributed by atoms with van der Waals surface area (Å²) in [5, 5.41) is 7.93. The first kappa shape index (κ1) is 20.4. The topological polar surface area (TPSA) is 56.1 Å². The van der Waals surface area contributed by atoms with E-state index in [0.717, 1.165) is 28.3 Å². The number of aromatic nitrogens is 2. The molecule has 0 saturated heterocycles. The van der Waals surface area contributed by atoms with Crippen LogP contribution in [-0.2, 0) is 13.0 Å². The molecule has 0 fully saturated rings. The molecule has 31 heavy (non-hydrogen) atoms. The number of hydrogen-bond donors (Lipinski definition) is 1. The molecule has 0 aliphatic rings. The quantitative estimate of drug-likeness (QED) is 0.463. The lowest BCUT2D eigenvalue weighted by Gasteiger charge is -2.11. The number of carbonyl (C=O) groups excluding carboxylic acids is 1. The zero-order valence-corrected chi connectivity index (χ0v) is 17.7. The number of nitrogens with one attached hydrogen (secondary N) is 1. The fraction of sp³-hybridized carbons (Fsp3) is 0.154. The highest BCUT2D eigenvalue weighted by Crippen LogP contribution is 2.28. The van der Waals surface area contributed by atoms with Gasteiger partial charge in [0.15, 0.2) is 0 Å². The number of carbonyl (C=O) groups is 1. The molecular weight excluding hydrogens is 386 g/mol. The average Bonchev–Trinajstić information content (AvgIpc) is 3.23. The summed E-state index contributed by atoms with van der Waals surface area (Å²) in [5.41, 5.74) is 4.93. The van der Waals surface area contributed by atoms with Gasteiger partial charge in [0.05, 0.1) is 24.1 Å². The van der Waals surface area contributed by atoms with Gasteiger partial charge in [-0.05, 0) is 24.6 Å². The van der Waals surface area contributed by atoms with Gasteiger partial charge in [-0.1, -0.05) is 73.7 Å². The normalized spacial score (nSPS) is 10.6. The number of nitrogens with zero attached hydrogens (tertiary/aromatic N) is 2. The van der Waals surface area contributed by atoms with Gasteiger partial charge in [0, 0.05) is 17.7 Å².